The van der Waals surface area contributed by atoms with Gasteiger partial charge in [0, 0.05) is 12.1 Å². The Morgan fingerprint density at radius 3 is 2.18 bits per heavy atom. The first kappa shape index (κ1) is 16.2. The van der Waals surface area contributed by atoms with Crippen molar-refractivity contribution in [1.29, 1.82) is 0 Å². The molecular formula is C14H17NO6S. The van der Waals surface area contributed by atoms with Crippen molar-refractivity contribution in [2.75, 3.05) is 21.3 Å². The van der Waals surface area contributed by atoms with Crippen molar-refractivity contribution in [3.8, 4) is 17.2 Å². The van der Waals surface area contributed by atoms with Gasteiger partial charge in [0.25, 0.3) is 0 Å². The molecule has 0 amide bonds. The highest BCUT2D eigenvalue weighted by atomic mass is 32.2. The fourth-order valence-corrected chi connectivity index (χ4v) is 3.18. The van der Waals surface area contributed by atoms with Gasteiger partial charge >= 0.3 is 0 Å². The van der Waals surface area contributed by atoms with Crippen LogP contribution in [-0.4, -0.2) is 29.7 Å². The lowest BCUT2D eigenvalue weighted by molar-refractivity contribution is 0.358. The Morgan fingerprint density at radius 1 is 1.09 bits per heavy atom. The minimum Gasteiger partial charge on any atom is -0.496 e. The first-order valence-electron chi connectivity index (χ1n) is 6.34. The van der Waals surface area contributed by atoms with Gasteiger partial charge in [-0.3, -0.25) is 0 Å². The van der Waals surface area contributed by atoms with Crippen LogP contribution >= 0.6 is 0 Å². The van der Waals surface area contributed by atoms with Gasteiger partial charge < -0.3 is 18.6 Å². The summed E-state index contributed by atoms with van der Waals surface area (Å²) in [6.45, 7) is 0.0215. The second-order valence-corrected chi connectivity index (χ2v) is 5.97. The van der Waals surface area contributed by atoms with Gasteiger partial charge in [0.15, 0.2) is 4.90 Å². The first-order chi connectivity index (χ1) is 10.5. The van der Waals surface area contributed by atoms with E-state index in [9.17, 15) is 8.42 Å². The third-order valence-corrected chi connectivity index (χ3v) is 4.42. The van der Waals surface area contributed by atoms with Crippen LogP contribution in [-0.2, 0) is 16.6 Å². The van der Waals surface area contributed by atoms with Crippen LogP contribution in [0.5, 0.6) is 17.2 Å². The average Bonchev–Trinajstić information content (AvgIpc) is 3.05. The SMILES string of the molecule is COc1cc(OC)c(S(=O)(=O)NCc2ccco2)c(OC)c1. The van der Waals surface area contributed by atoms with Crippen LogP contribution < -0.4 is 18.9 Å². The first-order valence-corrected chi connectivity index (χ1v) is 7.82. The second-order valence-electron chi connectivity index (χ2n) is 4.26. The van der Waals surface area contributed by atoms with Crippen LogP contribution in [0.1, 0.15) is 5.76 Å². The molecule has 8 heteroatoms. The highest BCUT2D eigenvalue weighted by molar-refractivity contribution is 7.89. The van der Waals surface area contributed by atoms with E-state index in [2.05, 4.69) is 4.72 Å². The Kier molecular flexibility index (Phi) is 4.94. The van der Waals surface area contributed by atoms with Gasteiger partial charge in [-0.1, -0.05) is 0 Å². The summed E-state index contributed by atoms with van der Waals surface area (Å²) >= 11 is 0. The number of nitrogens with one attached hydrogen (secondary N) is 1. The molecule has 0 aliphatic rings. The minimum absolute atomic E-state index is 0.0215. The maximum Gasteiger partial charge on any atom is 0.248 e. The molecule has 1 heterocycles. The van der Waals surface area contributed by atoms with E-state index in [-0.39, 0.29) is 22.9 Å². The van der Waals surface area contributed by atoms with Gasteiger partial charge in [0.05, 0.1) is 34.1 Å². The van der Waals surface area contributed by atoms with Crippen LogP contribution in [0.15, 0.2) is 39.8 Å². The van der Waals surface area contributed by atoms with Crippen LogP contribution in [0.4, 0.5) is 0 Å². The highest BCUT2D eigenvalue weighted by Gasteiger charge is 2.26. The zero-order valence-corrected chi connectivity index (χ0v) is 13.3. The molecule has 0 aliphatic carbocycles. The van der Waals surface area contributed by atoms with Crippen LogP contribution in [0.25, 0.3) is 0 Å². The highest BCUT2D eigenvalue weighted by Crippen LogP contribution is 2.37. The predicted molar refractivity (Wildman–Crippen MR) is 78.8 cm³/mol. The van der Waals surface area contributed by atoms with Gasteiger partial charge in [0.2, 0.25) is 10.0 Å². The lowest BCUT2D eigenvalue weighted by Crippen LogP contribution is -2.24. The molecule has 1 aromatic heterocycles. The molecule has 0 fully saturated rings. The fraction of sp³-hybridized carbons (Fsp3) is 0.286. The van der Waals surface area contributed by atoms with E-state index in [0.29, 0.717) is 11.5 Å². The molecule has 0 saturated heterocycles. The van der Waals surface area contributed by atoms with E-state index in [1.807, 2.05) is 0 Å². The monoisotopic (exact) mass is 327 g/mol. The number of methoxy groups -OCH3 is 3. The standard InChI is InChI=1S/C14H17NO6S/c1-18-11-7-12(19-2)14(13(8-11)20-3)22(16,17)15-9-10-5-4-6-21-10/h4-8,15H,9H2,1-3H3. The number of ether oxygens (including phenoxy) is 3. The van der Waals surface area contributed by atoms with Gasteiger partial charge in [-0.15, -0.1) is 0 Å². The smallest absolute Gasteiger partial charge is 0.248 e. The van der Waals surface area contributed by atoms with E-state index < -0.39 is 10.0 Å². The molecule has 1 aromatic carbocycles. The molecule has 0 spiro atoms. The molecular weight excluding hydrogens is 310 g/mol. The van der Waals surface area contributed by atoms with Crippen molar-refractivity contribution in [2.45, 2.75) is 11.4 Å². The summed E-state index contributed by atoms with van der Waals surface area (Å²) in [5, 5.41) is 0. The zero-order chi connectivity index (χ0) is 16.2. The molecule has 1 N–H and O–H groups in total. The summed E-state index contributed by atoms with van der Waals surface area (Å²) in [7, 11) is 0.357. The maximum absolute atomic E-state index is 12.5. The number of furan rings is 1. The number of hydrogen-bond donors (Lipinski definition) is 1. The van der Waals surface area contributed by atoms with Gasteiger partial charge in [0.1, 0.15) is 23.0 Å². The summed E-state index contributed by atoms with van der Waals surface area (Å²) in [6.07, 6.45) is 1.47. The summed E-state index contributed by atoms with van der Waals surface area (Å²) in [6, 6.07) is 6.30. The Hall–Kier alpha value is -2.19. The summed E-state index contributed by atoms with van der Waals surface area (Å²) in [4.78, 5) is -0.0927. The lowest BCUT2D eigenvalue weighted by atomic mass is 10.3. The summed E-state index contributed by atoms with van der Waals surface area (Å²) in [5.41, 5.74) is 0. The number of rotatable bonds is 7. The molecule has 0 radical (unpaired) electrons. The topological polar surface area (TPSA) is 87.0 Å². The van der Waals surface area contributed by atoms with E-state index in [4.69, 9.17) is 18.6 Å². The average molecular weight is 327 g/mol. The Balaban J connectivity index is 2.40. The number of benzene rings is 1. The third kappa shape index (κ3) is 3.34. The van der Waals surface area contributed by atoms with Crippen molar-refractivity contribution in [2.24, 2.45) is 0 Å². The Bertz CT molecular complexity index is 699. The van der Waals surface area contributed by atoms with Crippen molar-refractivity contribution in [1.82, 2.24) is 4.72 Å². The van der Waals surface area contributed by atoms with Crippen LogP contribution in [0, 0.1) is 0 Å². The Labute approximate surface area is 128 Å². The number of sulfonamides is 1. The minimum atomic E-state index is -3.86. The molecule has 0 bridgehead atoms. The van der Waals surface area contributed by atoms with Crippen molar-refractivity contribution >= 4 is 10.0 Å². The van der Waals surface area contributed by atoms with Gasteiger partial charge in [-0.05, 0) is 12.1 Å². The largest absolute Gasteiger partial charge is 0.496 e. The lowest BCUT2D eigenvalue weighted by Gasteiger charge is -2.15. The molecule has 0 aliphatic heterocycles. The van der Waals surface area contributed by atoms with Crippen molar-refractivity contribution in [3.63, 3.8) is 0 Å². The maximum atomic E-state index is 12.5. The molecule has 2 rings (SSSR count). The molecule has 0 atom stereocenters. The summed E-state index contributed by atoms with van der Waals surface area (Å²) in [5.74, 6) is 1.18. The Morgan fingerprint density at radius 2 is 1.73 bits per heavy atom. The van der Waals surface area contributed by atoms with Gasteiger partial charge in [-0.2, -0.15) is 0 Å². The van der Waals surface area contributed by atoms with E-state index in [1.54, 1.807) is 12.1 Å². The normalized spacial score (nSPS) is 11.2. The molecule has 7 nitrogen and oxygen atoms in total. The van der Waals surface area contributed by atoms with E-state index in [1.165, 1.54) is 39.7 Å². The van der Waals surface area contributed by atoms with Crippen molar-refractivity contribution in [3.05, 3.63) is 36.3 Å². The zero-order valence-electron chi connectivity index (χ0n) is 12.5. The van der Waals surface area contributed by atoms with E-state index >= 15 is 0 Å². The molecule has 22 heavy (non-hydrogen) atoms. The van der Waals surface area contributed by atoms with Crippen LogP contribution in [0.2, 0.25) is 0 Å². The summed E-state index contributed by atoms with van der Waals surface area (Å²) < 4.78 is 48.0. The third-order valence-electron chi connectivity index (χ3n) is 2.96. The van der Waals surface area contributed by atoms with Crippen LogP contribution in [0.3, 0.4) is 0 Å². The molecule has 120 valence electrons. The van der Waals surface area contributed by atoms with Gasteiger partial charge in [-0.25, -0.2) is 13.1 Å². The van der Waals surface area contributed by atoms with E-state index in [0.717, 1.165) is 0 Å². The second kappa shape index (κ2) is 6.71. The quantitative estimate of drug-likeness (QED) is 0.834. The number of hydrogen-bond acceptors (Lipinski definition) is 6. The van der Waals surface area contributed by atoms with Crippen molar-refractivity contribution < 1.29 is 27.0 Å². The predicted octanol–water partition coefficient (Wildman–Crippen LogP) is 1.78. The molecule has 0 saturated carbocycles. The molecule has 2 aromatic rings. The molecule has 0 unspecified atom stereocenters. The fourth-order valence-electron chi connectivity index (χ4n) is 1.89.